The summed E-state index contributed by atoms with van der Waals surface area (Å²) in [6, 6.07) is 14.7. The van der Waals surface area contributed by atoms with Crippen LogP contribution in [0.25, 0.3) is 11.0 Å². The van der Waals surface area contributed by atoms with Crippen LogP contribution in [0.2, 0.25) is 0 Å². The number of aromatic nitrogens is 2. The Bertz CT molecular complexity index is 929. The van der Waals surface area contributed by atoms with Gasteiger partial charge in [-0.3, -0.25) is 0 Å². The summed E-state index contributed by atoms with van der Waals surface area (Å²) in [5.74, 6) is 1.79. The number of aliphatic imine (C=N–C) groups is 1. The van der Waals surface area contributed by atoms with Gasteiger partial charge in [0, 0.05) is 13.6 Å². The summed E-state index contributed by atoms with van der Waals surface area (Å²) in [7, 11) is 2.05. The number of para-hydroxylation sites is 2. The van der Waals surface area contributed by atoms with Crippen molar-refractivity contribution in [3.8, 4) is 0 Å². The predicted octanol–water partition coefficient (Wildman–Crippen LogP) is 4.06. The molecule has 2 aromatic carbocycles. The zero-order valence-corrected chi connectivity index (χ0v) is 18.7. The lowest BCUT2D eigenvalue weighted by Crippen LogP contribution is -2.37. The molecule has 3 aromatic rings. The number of imidazole rings is 1. The van der Waals surface area contributed by atoms with Crippen LogP contribution in [-0.4, -0.2) is 22.1 Å². The fourth-order valence-electron chi connectivity index (χ4n) is 3.05. The lowest BCUT2D eigenvalue weighted by Gasteiger charge is -2.12. The van der Waals surface area contributed by atoms with Crippen LogP contribution in [0.15, 0.2) is 47.5 Å². The van der Waals surface area contributed by atoms with Crippen LogP contribution in [0.5, 0.6) is 0 Å². The highest BCUT2D eigenvalue weighted by atomic mass is 127. The molecule has 144 valence electrons. The standard InChI is InChI=1S/C21H27N5.HI/c1-5-22-21(23-13-17-11-10-15(2)12-16(17)3)24-14-20-25-18-8-6-7-9-19(18)26(20)4;/h6-12H,5,13-14H2,1-4H3,(H2,22,23,24);1H. The Morgan fingerprint density at radius 1 is 1.11 bits per heavy atom. The van der Waals surface area contributed by atoms with E-state index < -0.39 is 0 Å². The number of aryl methyl sites for hydroxylation is 3. The van der Waals surface area contributed by atoms with Crippen LogP contribution in [0.1, 0.15) is 29.4 Å². The van der Waals surface area contributed by atoms with E-state index in [2.05, 4.69) is 60.2 Å². The first kappa shape index (κ1) is 21.2. The van der Waals surface area contributed by atoms with E-state index in [1.807, 2.05) is 25.2 Å². The maximum Gasteiger partial charge on any atom is 0.191 e. The average molecular weight is 477 g/mol. The molecule has 1 aromatic heterocycles. The van der Waals surface area contributed by atoms with Gasteiger partial charge in [0.05, 0.1) is 24.1 Å². The summed E-state index contributed by atoms with van der Waals surface area (Å²) in [5.41, 5.74) is 5.96. The molecule has 3 rings (SSSR count). The van der Waals surface area contributed by atoms with Gasteiger partial charge < -0.3 is 15.2 Å². The minimum absolute atomic E-state index is 0. The van der Waals surface area contributed by atoms with Crippen molar-refractivity contribution in [2.45, 2.75) is 33.9 Å². The maximum absolute atomic E-state index is 4.73. The van der Waals surface area contributed by atoms with Crippen LogP contribution >= 0.6 is 24.0 Å². The van der Waals surface area contributed by atoms with Crippen molar-refractivity contribution < 1.29 is 0 Å². The molecular weight excluding hydrogens is 449 g/mol. The third-order valence-electron chi connectivity index (χ3n) is 4.54. The van der Waals surface area contributed by atoms with E-state index in [0.717, 1.165) is 29.4 Å². The number of nitrogens with zero attached hydrogens (tertiary/aromatic N) is 3. The Labute approximate surface area is 178 Å². The monoisotopic (exact) mass is 477 g/mol. The normalized spacial score (nSPS) is 11.3. The van der Waals surface area contributed by atoms with Crippen molar-refractivity contribution in [3.63, 3.8) is 0 Å². The molecule has 0 radical (unpaired) electrons. The highest BCUT2D eigenvalue weighted by molar-refractivity contribution is 14.0. The van der Waals surface area contributed by atoms with E-state index >= 15 is 0 Å². The zero-order valence-electron chi connectivity index (χ0n) is 16.4. The fourth-order valence-corrected chi connectivity index (χ4v) is 3.05. The molecule has 0 aliphatic carbocycles. The largest absolute Gasteiger partial charge is 0.357 e. The molecule has 5 nitrogen and oxygen atoms in total. The highest BCUT2D eigenvalue weighted by Crippen LogP contribution is 2.14. The minimum atomic E-state index is 0. The van der Waals surface area contributed by atoms with E-state index in [1.54, 1.807) is 0 Å². The Kier molecular flexibility index (Phi) is 7.65. The van der Waals surface area contributed by atoms with Gasteiger partial charge in [0.1, 0.15) is 5.82 Å². The first-order valence-corrected chi connectivity index (χ1v) is 9.07. The van der Waals surface area contributed by atoms with Crippen molar-refractivity contribution in [3.05, 3.63) is 65.0 Å². The molecule has 0 aliphatic rings. The van der Waals surface area contributed by atoms with Gasteiger partial charge in [-0.15, -0.1) is 24.0 Å². The Hall–Kier alpha value is -2.09. The van der Waals surface area contributed by atoms with Gasteiger partial charge in [-0.25, -0.2) is 9.98 Å². The van der Waals surface area contributed by atoms with Crippen LogP contribution in [0.3, 0.4) is 0 Å². The van der Waals surface area contributed by atoms with Crippen LogP contribution in [-0.2, 0) is 20.1 Å². The average Bonchev–Trinajstić information content (AvgIpc) is 2.95. The Morgan fingerprint density at radius 3 is 2.59 bits per heavy atom. The Morgan fingerprint density at radius 2 is 1.89 bits per heavy atom. The summed E-state index contributed by atoms with van der Waals surface area (Å²) < 4.78 is 2.12. The molecule has 2 N–H and O–H groups in total. The first-order valence-electron chi connectivity index (χ1n) is 9.07. The molecule has 0 amide bonds. The summed E-state index contributed by atoms with van der Waals surface area (Å²) in [5, 5.41) is 6.70. The van der Waals surface area contributed by atoms with E-state index in [9.17, 15) is 0 Å². The summed E-state index contributed by atoms with van der Waals surface area (Å²) in [6.45, 7) is 8.43. The van der Waals surface area contributed by atoms with Crippen molar-refractivity contribution in [2.75, 3.05) is 6.54 Å². The molecule has 0 bridgehead atoms. The zero-order chi connectivity index (χ0) is 18.5. The lowest BCUT2D eigenvalue weighted by atomic mass is 10.1. The number of nitrogens with one attached hydrogen (secondary N) is 2. The SMILES string of the molecule is CCNC(=NCc1ccc(C)cc1C)NCc1nc2ccccc2n1C.I. The second kappa shape index (κ2) is 9.73. The number of hydrogen-bond donors (Lipinski definition) is 2. The van der Waals surface area contributed by atoms with Gasteiger partial charge in [-0.2, -0.15) is 0 Å². The number of hydrogen-bond acceptors (Lipinski definition) is 2. The second-order valence-electron chi connectivity index (χ2n) is 6.55. The summed E-state index contributed by atoms with van der Waals surface area (Å²) in [6.07, 6.45) is 0. The van der Waals surface area contributed by atoms with Crippen molar-refractivity contribution in [1.82, 2.24) is 20.2 Å². The quantitative estimate of drug-likeness (QED) is 0.331. The maximum atomic E-state index is 4.73. The minimum Gasteiger partial charge on any atom is -0.357 e. The second-order valence-corrected chi connectivity index (χ2v) is 6.55. The van der Waals surface area contributed by atoms with Gasteiger partial charge >= 0.3 is 0 Å². The molecular formula is C21H28IN5. The third kappa shape index (κ3) is 5.22. The Balaban J connectivity index is 0.00000261. The number of fused-ring (bicyclic) bond motifs is 1. The van der Waals surface area contributed by atoms with Gasteiger partial charge in [0.2, 0.25) is 0 Å². The molecule has 27 heavy (non-hydrogen) atoms. The third-order valence-corrected chi connectivity index (χ3v) is 4.54. The van der Waals surface area contributed by atoms with Crippen LogP contribution < -0.4 is 10.6 Å². The number of benzene rings is 2. The molecule has 0 aliphatic heterocycles. The van der Waals surface area contributed by atoms with E-state index in [4.69, 9.17) is 9.98 Å². The van der Waals surface area contributed by atoms with Gasteiger partial charge in [0.15, 0.2) is 5.96 Å². The number of halogens is 1. The van der Waals surface area contributed by atoms with Gasteiger partial charge in [-0.1, -0.05) is 35.9 Å². The van der Waals surface area contributed by atoms with Crippen LogP contribution in [0, 0.1) is 13.8 Å². The lowest BCUT2D eigenvalue weighted by molar-refractivity contribution is 0.738. The number of rotatable bonds is 5. The van der Waals surface area contributed by atoms with E-state index in [0.29, 0.717) is 13.1 Å². The molecule has 0 fully saturated rings. The predicted molar refractivity (Wildman–Crippen MR) is 124 cm³/mol. The van der Waals surface area contributed by atoms with E-state index in [1.165, 1.54) is 16.7 Å². The smallest absolute Gasteiger partial charge is 0.191 e. The van der Waals surface area contributed by atoms with Crippen molar-refractivity contribution >= 4 is 41.0 Å². The van der Waals surface area contributed by atoms with Crippen molar-refractivity contribution in [1.29, 1.82) is 0 Å². The molecule has 6 heteroatoms. The summed E-state index contributed by atoms with van der Waals surface area (Å²) >= 11 is 0. The van der Waals surface area contributed by atoms with E-state index in [-0.39, 0.29) is 24.0 Å². The first-order chi connectivity index (χ1) is 12.6. The molecule has 0 unspecified atom stereocenters. The molecule has 0 atom stereocenters. The highest BCUT2D eigenvalue weighted by Gasteiger charge is 2.08. The molecule has 0 saturated carbocycles. The van der Waals surface area contributed by atoms with Gasteiger partial charge in [-0.05, 0) is 44.0 Å². The van der Waals surface area contributed by atoms with Crippen molar-refractivity contribution in [2.24, 2.45) is 12.0 Å². The molecule has 1 heterocycles. The molecule has 0 saturated heterocycles. The number of guanidine groups is 1. The summed E-state index contributed by atoms with van der Waals surface area (Å²) in [4.78, 5) is 9.43. The fraction of sp³-hybridized carbons (Fsp3) is 0.333. The van der Waals surface area contributed by atoms with Crippen LogP contribution in [0.4, 0.5) is 0 Å². The topological polar surface area (TPSA) is 54.2 Å². The molecule has 0 spiro atoms. The van der Waals surface area contributed by atoms with Gasteiger partial charge in [0.25, 0.3) is 0 Å².